The second-order valence-electron chi connectivity index (χ2n) is 5.82. The molecule has 9 heteroatoms. The van der Waals surface area contributed by atoms with Crippen LogP contribution in [0.15, 0.2) is 51.6 Å². The van der Waals surface area contributed by atoms with Crippen molar-refractivity contribution in [3.8, 4) is 17.3 Å². The molecule has 28 heavy (non-hydrogen) atoms. The van der Waals surface area contributed by atoms with E-state index in [1.165, 1.54) is 19.4 Å². The Bertz CT molecular complexity index is 949. The Morgan fingerprint density at radius 2 is 2.04 bits per heavy atom. The van der Waals surface area contributed by atoms with Crippen molar-refractivity contribution in [2.24, 2.45) is 5.73 Å². The number of anilines is 1. The number of ether oxygens (including phenoxy) is 1. The van der Waals surface area contributed by atoms with Crippen molar-refractivity contribution < 1.29 is 23.3 Å². The van der Waals surface area contributed by atoms with Crippen LogP contribution in [-0.2, 0) is 0 Å². The molecule has 0 aliphatic carbocycles. The summed E-state index contributed by atoms with van der Waals surface area (Å²) in [5.41, 5.74) is 5.95. The number of hydrogen-bond donors (Lipinski definition) is 3. The van der Waals surface area contributed by atoms with E-state index in [0.29, 0.717) is 36.8 Å². The van der Waals surface area contributed by atoms with Crippen LogP contribution < -0.4 is 21.1 Å². The number of nitrogens with one attached hydrogen (secondary N) is 2. The number of benzene rings is 1. The highest BCUT2D eigenvalue weighted by Gasteiger charge is 2.17. The minimum atomic E-state index is -0.446. The first-order valence-electron chi connectivity index (χ1n) is 8.60. The van der Waals surface area contributed by atoms with Crippen molar-refractivity contribution >= 4 is 17.6 Å². The van der Waals surface area contributed by atoms with Crippen LogP contribution in [0.3, 0.4) is 0 Å². The predicted molar refractivity (Wildman–Crippen MR) is 101 cm³/mol. The van der Waals surface area contributed by atoms with Crippen molar-refractivity contribution in [2.75, 3.05) is 25.5 Å². The Labute approximate surface area is 160 Å². The number of amides is 2. The monoisotopic (exact) mass is 384 g/mol. The second kappa shape index (κ2) is 8.87. The van der Waals surface area contributed by atoms with Gasteiger partial charge in [-0.2, -0.15) is 0 Å². The lowest BCUT2D eigenvalue weighted by atomic mass is 10.1. The number of hydrogen-bond acceptors (Lipinski definition) is 7. The maximum atomic E-state index is 12.5. The number of carbonyl (C=O) groups is 2. The van der Waals surface area contributed by atoms with Crippen LogP contribution in [0.4, 0.5) is 5.82 Å². The van der Waals surface area contributed by atoms with E-state index < -0.39 is 5.91 Å². The van der Waals surface area contributed by atoms with E-state index in [0.717, 1.165) is 0 Å². The van der Waals surface area contributed by atoms with Gasteiger partial charge >= 0.3 is 0 Å². The molecule has 9 nitrogen and oxygen atoms in total. The topological polar surface area (TPSA) is 133 Å². The largest absolute Gasteiger partial charge is 0.496 e. The molecular formula is C19H20N4O5. The van der Waals surface area contributed by atoms with Gasteiger partial charge in [0.05, 0.1) is 18.9 Å². The normalized spacial score (nSPS) is 10.5. The fourth-order valence-corrected chi connectivity index (χ4v) is 2.48. The summed E-state index contributed by atoms with van der Waals surface area (Å²) in [4.78, 5) is 24.9. The van der Waals surface area contributed by atoms with E-state index >= 15 is 0 Å². The smallest absolute Gasteiger partial charge is 0.256 e. The van der Waals surface area contributed by atoms with Gasteiger partial charge in [-0.25, -0.2) is 0 Å². The van der Waals surface area contributed by atoms with Crippen molar-refractivity contribution in [3.63, 3.8) is 0 Å². The summed E-state index contributed by atoms with van der Waals surface area (Å²) < 4.78 is 15.6. The maximum Gasteiger partial charge on any atom is 0.256 e. The van der Waals surface area contributed by atoms with Crippen LogP contribution >= 0.6 is 0 Å². The average Bonchev–Trinajstić information content (AvgIpc) is 3.39. The van der Waals surface area contributed by atoms with Gasteiger partial charge in [0.1, 0.15) is 5.75 Å². The van der Waals surface area contributed by atoms with Gasteiger partial charge in [0, 0.05) is 18.2 Å². The van der Waals surface area contributed by atoms with Crippen LogP contribution in [0.2, 0.25) is 0 Å². The molecule has 0 aliphatic rings. The average molecular weight is 384 g/mol. The summed E-state index contributed by atoms with van der Waals surface area (Å²) in [5.74, 6) is 0.674. The number of nitrogens with zero attached hydrogens (tertiary/aromatic N) is 1. The molecule has 0 fully saturated rings. The number of methoxy groups -OCH3 is 1. The second-order valence-corrected chi connectivity index (χ2v) is 5.82. The zero-order chi connectivity index (χ0) is 19.9. The Morgan fingerprint density at radius 3 is 2.75 bits per heavy atom. The zero-order valence-corrected chi connectivity index (χ0v) is 15.2. The maximum absolute atomic E-state index is 12.5. The van der Waals surface area contributed by atoms with Gasteiger partial charge in [-0.15, -0.1) is 0 Å². The molecule has 146 valence electrons. The Kier molecular flexibility index (Phi) is 6.07. The molecule has 2 amide bonds. The minimum absolute atomic E-state index is 0.223. The molecule has 0 radical (unpaired) electrons. The summed E-state index contributed by atoms with van der Waals surface area (Å²) in [5, 5.41) is 9.16. The van der Waals surface area contributed by atoms with Crippen molar-refractivity contribution in [1.29, 1.82) is 0 Å². The Balaban J connectivity index is 1.74. The first-order chi connectivity index (χ1) is 13.6. The summed E-state index contributed by atoms with van der Waals surface area (Å²) in [6, 6.07) is 9.54. The zero-order valence-electron chi connectivity index (χ0n) is 15.2. The molecule has 0 unspecified atom stereocenters. The van der Waals surface area contributed by atoms with Gasteiger partial charge in [-0.3, -0.25) is 9.59 Å². The van der Waals surface area contributed by atoms with Crippen molar-refractivity contribution in [2.45, 2.75) is 6.42 Å². The van der Waals surface area contributed by atoms with Crippen molar-refractivity contribution in [1.82, 2.24) is 10.5 Å². The standard InChI is InChI=1S/C19H20N4O5/c1-26-14-6-5-12(10-13(14)19(25)21-8-3-7-20)18(24)22-17-11-16(28-23-17)15-4-2-9-27-15/h2,4-6,9-11H,3,7-8,20H2,1H3,(H,21,25)(H,22,23,24). The van der Waals surface area contributed by atoms with E-state index in [-0.39, 0.29) is 22.9 Å². The predicted octanol–water partition coefficient (Wildman–Crippen LogP) is 2.27. The third kappa shape index (κ3) is 4.38. The Hall–Kier alpha value is -3.59. The highest BCUT2D eigenvalue weighted by molar-refractivity contribution is 6.06. The minimum Gasteiger partial charge on any atom is -0.496 e. The van der Waals surface area contributed by atoms with Gasteiger partial charge in [0.15, 0.2) is 11.6 Å². The van der Waals surface area contributed by atoms with Crippen LogP contribution in [0.25, 0.3) is 11.5 Å². The van der Waals surface area contributed by atoms with Gasteiger partial charge in [0.2, 0.25) is 5.76 Å². The third-order valence-electron chi connectivity index (χ3n) is 3.89. The SMILES string of the molecule is COc1ccc(C(=O)Nc2cc(-c3ccco3)on2)cc1C(=O)NCCCN. The van der Waals surface area contributed by atoms with Gasteiger partial charge in [-0.1, -0.05) is 5.16 Å². The highest BCUT2D eigenvalue weighted by atomic mass is 16.5. The van der Waals surface area contributed by atoms with E-state index in [1.54, 1.807) is 30.3 Å². The lowest BCUT2D eigenvalue weighted by Crippen LogP contribution is -2.26. The van der Waals surface area contributed by atoms with Crippen molar-refractivity contribution in [3.05, 3.63) is 53.8 Å². The molecular weight excluding hydrogens is 364 g/mol. The lowest BCUT2D eigenvalue weighted by molar-refractivity contribution is 0.0950. The Morgan fingerprint density at radius 1 is 1.18 bits per heavy atom. The van der Waals surface area contributed by atoms with Gasteiger partial charge in [-0.05, 0) is 43.3 Å². The summed E-state index contributed by atoms with van der Waals surface area (Å²) >= 11 is 0. The third-order valence-corrected chi connectivity index (χ3v) is 3.89. The first-order valence-corrected chi connectivity index (χ1v) is 8.60. The summed E-state index contributed by atoms with van der Waals surface area (Å²) in [6.45, 7) is 0.904. The van der Waals surface area contributed by atoms with Crippen LogP contribution in [0, 0.1) is 0 Å². The molecule has 0 spiro atoms. The van der Waals surface area contributed by atoms with E-state index in [4.69, 9.17) is 19.4 Å². The number of rotatable bonds is 8. The fraction of sp³-hybridized carbons (Fsp3) is 0.211. The van der Waals surface area contributed by atoms with Gasteiger partial charge in [0.25, 0.3) is 11.8 Å². The van der Waals surface area contributed by atoms with Crippen LogP contribution in [-0.4, -0.2) is 37.2 Å². The number of furan rings is 1. The summed E-state index contributed by atoms with van der Waals surface area (Å²) in [6.07, 6.45) is 2.16. The van der Waals surface area contributed by atoms with E-state index in [9.17, 15) is 9.59 Å². The molecule has 0 saturated heterocycles. The quantitative estimate of drug-likeness (QED) is 0.507. The summed E-state index contributed by atoms with van der Waals surface area (Å²) in [7, 11) is 1.46. The van der Waals surface area contributed by atoms with Crippen LogP contribution in [0.1, 0.15) is 27.1 Å². The number of aromatic nitrogens is 1. The molecule has 0 saturated carbocycles. The molecule has 1 aromatic carbocycles. The molecule has 0 bridgehead atoms. The highest BCUT2D eigenvalue weighted by Crippen LogP contribution is 2.24. The number of carbonyl (C=O) groups excluding carboxylic acids is 2. The fourth-order valence-electron chi connectivity index (χ4n) is 2.48. The molecule has 2 aromatic heterocycles. The molecule has 3 rings (SSSR count). The number of nitrogens with two attached hydrogens (primary N) is 1. The lowest BCUT2D eigenvalue weighted by Gasteiger charge is -2.11. The molecule has 3 aromatic rings. The first kappa shape index (κ1) is 19.2. The van der Waals surface area contributed by atoms with E-state index in [2.05, 4.69) is 15.8 Å². The molecule has 4 N–H and O–H groups in total. The van der Waals surface area contributed by atoms with Crippen LogP contribution in [0.5, 0.6) is 5.75 Å². The molecule has 0 aliphatic heterocycles. The molecule has 0 atom stereocenters. The van der Waals surface area contributed by atoms with E-state index in [1.807, 2.05) is 0 Å². The molecule has 2 heterocycles. The van der Waals surface area contributed by atoms with Gasteiger partial charge < -0.3 is 30.0 Å².